The van der Waals surface area contributed by atoms with Crippen molar-refractivity contribution in [2.24, 2.45) is 0 Å². The highest BCUT2D eigenvalue weighted by Crippen LogP contribution is 2.28. The zero-order chi connectivity index (χ0) is 13.5. The van der Waals surface area contributed by atoms with Gasteiger partial charge in [0.05, 0.1) is 18.8 Å². The van der Waals surface area contributed by atoms with Gasteiger partial charge in [-0.2, -0.15) is 0 Å². The van der Waals surface area contributed by atoms with Crippen LogP contribution in [0.25, 0.3) is 0 Å². The zero-order valence-corrected chi connectivity index (χ0v) is 11.0. The molecule has 0 radical (unpaired) electrons. The number of carbonyl (C=O) groups is 1. The number of phenols is 1. The summed E-state index contributed by atoms with van der Waals surface area (Å²) in [6.07, 6.45) is 0. The second-order valence-corrected chi connectivity index (χ2v) is 4.20. The number of aryl methyl sites for hydroxylation is 2. The lowest BCUT2D eigenvalue weighted by atomic mass is 10.1. The molecular formula is C13H20N2O3. The standard InChI is InChI=1S/C13H20N2O3/c1-9-6-10(2)13(17)11(7-9)15-12(16)8-14-4-5-18-3/h6-7,14,17H,4-5,8H2,1-3H3,(H,15,16). The molecule has 0 atom stereocenters. The molecule has 3 N–H and O–H groups in total. The minimum atomic E-state index is -0.189. The van der Waals surface area contributed by atoms with Crippen molar-refractivity contribution in [2.75, 3.05) is 32.1 Å². The van der Waals surface area contributed by atoms with Crippen LogP contribution >= 0.6 is 0 Å². The monoisotopic (exact) mass is 252 g/mol. The third-order valence-corrected chi connectivity index (χ3v) is 2.49. The number of methoxy groups -OCH3 is 1. The Morgan fingerprint density at radius 1 is 1.39 bits per heavy atom. The Kier molecular flexibility index (Phi) is 5.61. The van der Waals surface area contributed by atoms with Gasteiger partial charge in [-0.3, -0.25) is 4.79 Å². The molecule has 100 valence electrons. The van der Waals surface area contributed by atoms with E-state index in [2.05, 4.69) is 10.6 Å². The quantitative estimate of drug-likeness (QED) is 0.525. The first-order chi connectivity index (χ1) is 8.54. The molecule has 0 aliphatic rings. The van der Waals surface area contributed by atoms with Crippen molar-refractivity contribution < 1.29 is 14.6 Å². The molecule has 0 aliphatic carbocycles. The van der Waals surface area contributed by atoms with Gasteiger partial charge >= 0.3 is 0 Å². The molecule has 0 aliphatic heterocycles. The molecule has 0 spiro atoms. The summed E-state index contributed by atoms with van der Waals surface area (Å²) in [6.45, 7) is 5.08. The number of aromatic hydroxyl groups is 1. The number of nitrogens with one attached hydrogen (secondary N) is 2. The second kappa shape index (κ2) is 6.98. The first-order valence-electron chi connectivity index (χ1n) is 5.84. The Labute approximate surface area is 107 Å². The largest absolute Gasteiger partial charge is 0.505 e. The number of anilines is 1. The fraction of sp³-hybridized carbons (Fsp3) is 0.462. The number of rotatable bonds is 6. The van der Waals surface area contributed by atoms with Crippen LogP contribution in [0.3, 0.4) is 0 Å². The van der Waals surface area contributed by atoms with Crippen LogP contribution in [0.2, 0.25) is 0 Å². The van der Waals surface area contributed by atoms with Crippen LogP contribution in [-0.4, -0.2) is 37.8 Å². The third kappa shape index (κ3) is 4.35. The van der Waals surface area contributed by atoms with Gasteiger partial charge < -0.3 is 20.5 Å². The molecule has 5 heteroatoms. The molecule has 1 rings (SSSR count). The summed E-state index contributed by atoms with van der Waals surface area (Å²) in [5.74, 6) is -0.0720. The highest BCUT2D eigenvalue weighted by atomic mass is 16.5. The van der Waals surface area contributed by atoms with Crippen molar-refractivity contribution >= 4 is 11.6 Å². The van der Waals surface area contributed by atoms with Crippen LogP contribution in [0.15, 0.2) is 12.1 Å². The lowest BCUT2D eigenvalue weighted by Crippen LogP contribution is -2.30. The van der Waals surface area contributed by atoms with E-state index >= 15 is 0 Å². The number of phenolic OH excluding ortho intramolecular Hbond substituents is 1. The summed E-state index contributed by atoms with van der Waals surface area (Å²) < 4.78 is 4.86. The fourth-order valence-corrected chi connectivity index (χ4v) is 1.63. The van der Waals surface area contributed by atoms with E-state index in [0.717, 1.165) is 11.1 Å². The molecule has 0 saturated carbocycles. The molecule has 0 aromatic heterocycles. The first-order valence-corrected chi connectivity index (χ1v) is 5.84. The minimum Gasteiger partial charge on any atom is -0.505 e. The average molecular weight is 252 g/mol. The molecule has 0 heterocycles. The van der Waals surface area contributed by atoms with Gasteiger partial charge in [-0.15, -0.1) is 0 Å². The van der Waals surface area contributed by atoms with Crippen LogP contribution in [-0.2, 0) is 9.53 Å². The predicted molar refractivity (Wildman–Crippen MR) is 71.0 cm³/mol. The van der Waals surface area contributed by atoms with Gasteiger partial charge in [0.1, 0.15) is 5.75 Å². The number of hydrogen-bond acceptors (Lipinski definition) is 4. The SMILES string of the molecule is COCCNCC(=O)Nc1cc(C)cc(C)c1O. The molecule has 0 unspecified atom stereocenters. The summed E-state index contributed by atoms with van der Waals surface area (Å²) >= 11 is 0. The summed E-state index contributed by atoms with van der Waals surface area (Å²) in [4.78, 5) is 11.6. The van der Waals surface area contributed by atoms with E-state index in [4.69, 9.17) is 4.74 Å². The van der Waals surface area contributed by atoms with Crippen molar-refractivity contribution in [2.45, 2.75) is 13.8 Å². The maximum Gasteiger partial charge on any atom is 0.238 e. The average Bonchev–Trinajstić information content (AvgIpc) is 2.31. The molecule has 0 fully saturated rings. The molecule has 1 aromatic rings. The van der Waals surface area contributed by atoms with Gasteiger partial charge in [0.25, 0.3) is 0 Å². The number of carbonyl (C=O) groups excluding carboxylic acids is 1. The molecule has 0 bridgehead atoms. The van der Waals surface area contributed by atoms with E-state index in [1.54, 1.807) is 20.1 Å². The van der Waals surface area contributed by atoms with Crippen LogP contribution in [0, 0.1) is 13.8 Å². The molecule has 1 amide bonds. The Hall–Kier alpha value is -1.59. The van der Waals surface area contributed by atoms with Crippen molar-refractivity contribution in [3.05, 3.63) is 23.3 Å². The first kappa shape index (κ1) is 14.5. The maximum atomic E-state index is 11.6. The lowest BCUT2D eigenvalue weighted by Gasteiger charge is -2.11. The lowest BCUT2D eigenvalue weighted by molar-refractivity contribution is -0.115. The normalized spacial score (nSPS) is 10.4. The van der Waals surface area contributed by atoms with Crippen molar-refractivity contribution in [3.8, 4) is 5.75 Å². The van der Waals surface area contributed by atoms with Gasteiger partial charge in [0, 0.05) is 13.7 Å². The molecule has 18 heavy (non-hydrogen) atoms. The summed E-state index contributed by atoms with van der Waals surface area (Å²) in [5.41, 5.74) is 2.19. The number of ether oxygens (including phenoxy) is 1. The van der Waals surface area contributed by atoms with Crippen molar-refractivity contribution in [3.63, 3.8) is 0 Å². The van der Waals surface area contributed by atoms with E-state index in [1.807, 2.05) is 13.0 Å². The zero-order valence-electron chi connectivity index (χ0n) is 11.0. The highest BCUT2D eigenvalue weighted by molar-refractivity contribution is 5.94. The maximum absolute atomic E-state index is 11.6. The highest BCUT2D eigenvalue weighted by Gasteiger charge is 2.08. The fourth-order valence-electron chi connectivity index (χ4n) is 1.63. The van der Waals surface area contributed by atoms with Crippen LogP contribution in [0.4, 0.5) is 5.69 Å². The Morgan fingerprint density at radius 3 is 2.78 bits per heavy atom. The van der Waals surface area contributed by atoms with E-state index in [9.17, 15) is 9.90 Å². The summed E-state index contributed by atoms with van der Waals surface area (Å²) in [6, 6.07) is 3.61. The van der Waals surface area contributed by atoms with E-state index in [-0.39, 0.29) is 18.2 Å². The number of hydrogen-bond donors (Lipinski definition) is 3. The smallest absolute Gasteiger partial charge is 0.238 e. The van der Waals surface area contributed by atoms with Gasteiger partial charge in [-0.1, -0.05) is 6.07 Å². The second-order valence-electron chi connectivity index (χ2n) is 4.20. The molecule has 1 aromatic carbocycles. The van der Waals surface area contributed by atoms with Gasteiger partial charge in [-0.25, -0.2) is 0 Å². The Morgan fingerprint density at radius 2 is 2.11 bits per heavy atom. The molecule has 0 saturated heterocycles. The Bertz CT molecular complexity index is 419. The van der Waals surface area contributed by atoms with Crippen molar-refractivity contribution in [1.29, 1.82) is 0 Å². The van der Waals surface area contributed by atoms with Gasteiger partial charge in [0.2, 0.25) is 5.91 Å². The van der Waals surface area contributed by atoms with Crippen LogP contribution in [0.5, 0.6) is 5.75 Å². The molecule has 5 nitrogen and oxygen atoms in total. The van der Waals surface area contributed by atoms with E-state index in [1.165, 1.54) is 0 Å². The van der Waals surface area contributed by atoms with Crippen molar-refractivity contribution in [1.82, 2.24) is 5.32 Å². The van der Waals surface area contributed by atoms with E-state index in [0.29, 0.717) is 18.8 Å². The third-order valence-electron chi connectivity index (χ3n) is 2.49. The number of amides is 1. The minimum absolute atomic E-state index is 0.117. The summed E-state index contributed by atoms with van der Waals surface area (Å²) in [7, 11) is 1.61. The molecular weight excluding hydrogens is 232 g/mol. The summed E-state index contributed by atoms with van der Waals surface area (Å²) in [5, 5.41) is 15.4. The van der Waals surface area contributed by atoms with Crippen LogP contribution in [0.1, 0.15) is 11.1 Å². The van der Waals surface area contributed by atoms with E-state index < -0.39 is 0 Å². The number of benzene rings is 1. The predicted octanol–water partition coefficient (Wildman–Crippen LogP) is 1.18. The van der Waals surface area contributed by atoms with Gasteiger partial charge in [0.15, 0.2) is 0 Å². The topological polar surface area (TPSA) is 70.6 Å². The van der Waals surface area contributed by atoms with Crippen LogP contribution < -0.4 is 10.6 Å². The van der Waals surface area contributed by atoms with Gasteiger partial charge in [-0.05, 0) is 31.0 Å². The Balaban J connectivity index is 2.54.